The van der Waals surface area contributed by atoms with Gasteiger partial charge in [0.05, 0.1) is 0 Å². The molecule has 1 rings (SSSR count). The van der Waals surface area contributed by atoms with Gasteiger partial charge in [-0.3, -0.25) is 5.01 Å². The van der Waals surface area contributed by atoms with Crippen molar-refractivity contribution in [2.24, 2.45) is 5.10 Å². The highest BCUT2D eigenvalue weighted by Gasteiger charge is 2.41. The topological polar surface area (TPSA) is 18.8 Å². The van der Waals surface area contributed by atoms with Gasteiger partial charge < -0.3 is 4.90 Å². The molecule has 70 valence electrons. The van der Waals surface area contributed by atoms with Crippen LogP contribution in [-0.4, -0.2) is 39.8 Å². The summed E-state index contributed by atoms with van der Waals surface area (Å²) >= 11 is 17.3. The Hall–Kier alpha value is 0.140. The average Bonchev–Trinajstić information content (AvgIpc) is 2.29. The molecule has 0 fully saturated rings. The molecule has 1 heterocycles. The number of hydrogen-bond donors (Lipinski definition) is 0. The summed E-state index contributed by atoms with van der Waals surface area (Å²) in [5, 5.41) is 5.65. The van der Waals surface area contributed by atoms with Crippen LogP contribution in [0.3, 0.4) is 0 Å². The van der Waals surface area contributed by atoms with Crippen molar-refractivity contribution in [1.29, 1.82) is 0 Å². The molecule has 0 saturated carbocycles. The minimum absolute atomic E-state index is 0.299. The van der Waals surface area contributed by atoms with E-state index in [1.54, 1.807) is 18.4 Å². The summed E-state index contributed by atoms with van der Waals surface area (Å²) in [7, 11) is 1.78. The van der Waals surface area contributed by atoms with Gasteiger partial charge in [-0.05, 0) is 6.92 Å². The van der Waals surface area contributed by atoms with Gasteiger partial charge in [0.2, 0.25) is 3.79 Å². The Kier molecular flexibility index (Phi) is 2.97. The van der Waals surface area contributed by atoms with Crippen LogP contribution in [0.5, 0.6) is 0 Å². The van der Waals surface area contributed by atoms with Gasteiger partial charge in [-0.2, -0.15) is 5.10 Å². The Morgan fingerprint density at radius 1 is 1.50 bits per heavy atom. The molecule has 0 N–H and O–H groups in total. The summed E-state index contributed by atoms with van der Waals surface area (Å²) in [6.07, 6.45) is 1.37. The van der Waals surface area contributed by atoms with Gasteiger partial charge in [-0.25, -0.2) is 0 Å². The van der Waals surface area contributed by atoms with Crippen LogP contribution < -0.4 is 0 Å². The molecule has 1 aliphatic rings. The molecular formula is C6H10Cl3N3. The smallest absolute Gasteiger partial charge is 0.230 e. The lowest BCUT2D eigenvalue weighted by molar-refractivity contribution is 0.169. The van der Waals surface area contributed by atoms with Crippen molar-refractivity contribution < 1.29 is 0 Å². The minimum atomic E-state index is -1.33. The normalized spacial score (nSPS) is 23.9. The zero-order valence-electron chi connectivity index (χ0n) is 6.84. The zero-order valence-corrected chi connectivity index (χ0v) is 9.11. The lowest BCUT2D eigenvalue weighted by atomic mass is 10.4. The summed E-state index contributed by atoms with van der Waals surface area (Å²) in [6.45, 7) is 2.75. The summed E-state index contributed by atoms with van der Waals surface area (Å²) in [4.78, 5) is 1.87. The van der Waals surface area contributed by atoms with Crippen LogP contribution >= 0.6 is 34.8 Å². The molecule has 0 bridgehead atoms. The van der Waals surface area contributed by atoms with Gasteiger partial charge in [0.1, 0.15) is 6.34 Å². The maximum Gasteiger partial charge on any atom is 0.230 e. The number of alkyl halides is 3. The Labute approximate surface area is 86.9 Å². The second-order valence-electron chi connectivity index (χ2n) is 2.55. The molecule has 0 aliphatic carbocycles. The zero-order chi connectivity index (χ0) is 9.35. The maximum atomic E-state index is 5.78. The molecule has 6 heteroatoms. The lowest BCUT2D eigenvalue weighted by Crippen LogP contribution is -2.47. The van der Waals surface area contributed by atoms with Crippen molar-refractivity contribution in [2.45, 2.75) is 16.9 Å². The van der Waals surface area contributed by atoms with Gasteiger partial charge in [-0.15, -0.1) is 0 Å². The van der Waals surface area contributed by atoms with E-state index in [9.17, 15) is 0 Å². The van der Waals surface area contributed by atoms with Gasteiger partial charge >= 0.3 is 0 Å². The van der Waals surface area contributed by atoms with E-state index in [4.69, 9.17) is 34.8 Å². The first kappa shape index (κ1) is 10.2. The van der Waals surface area contributed by atoms with E-state index in [0.717, 1.165) is 6.54 Å². The monoisotopic (exact) mass is 229 g/mol. The first-order valence-electron chi connectivity index (χ1n) is 3.56. The summed E-state index contributed by atoms with van der Waals surface area (Å²) in [6, 6.07) is 0. The number of hydrazone groups is 1. The third kappa shape index (κ3) is 1.90. The molecule has 12 heavy (non-hydrogen) atoms. The molecule has 0 aromatic rings. The van der Waals surface area contributed by atoms with Crippen molar-refractivity contribution in [3.05, 3.63) is 0 Å². The van der Waals surface area contributed by atoms with E-state index in [1.165, 1.54) is 0 Å². The van der Waals surface area contributed by atoms with Crippen LogP contribution in [0.25, 0.3) is 0 Å². The highest BCUT2D eigenvalue weighted by molar-refractivity contribution is 6.68. The van der Waals surface area contributed by atoms with Crippen molar-refractivity contribution in [3.63, 3.8) is 0 Å². The summed E-state index contributed by atoms with van der Waals surface area (Å²) in [5.74, 6) is 0. The number of rotatable bonds is 1. The molecule has 1 atom stereocenters. The van der Waals surface area contributed by atoms with Crippen molar-refractivity contribution in [2.75, 3.05) is 13.6 Å². The van der Waals surface area contributed by atoms with Gasteiger partial charge in [-0.1, -0.05) is 34.8 Å². The Morgan fingerprint density at radius 3 is 2.42 bits per heavy atom. The fourth-order valence-corrected chi connectivity index (χ4v) is 1.94. The first-order valence-corrected chi connectivity index (χ1v) is 4.69. The van der Waals surface area contributed by atoms with E-state index in [2.05, 4.69) is 5.10 Å². The number of halogens is 3. The fraction of sp³-hybridized carbons (Fsp3) is 0.833. The lowest BCUT2D eigenvalue weighted by Gasteiger charge is -2.32. The molecule has 3 nitrogen and oxygen atoms in total. The van der Waals surface area contributed by atoms with E-state index in [0.29, 0.717) is 0 Å². The van der Waals surface area contributed by atoms with Crippen LogP contribution in [0.15, 0.2) is 5.10 Å². The van der Waals surface area contributed by atoms with Gasteiger partial charge in [0, 0.05) is 13.6 Å². The molecule has 1 aliphatic heterocycles. The van der Waals surface area contributed by atoms with Crippen molar-refractivity contribution >= 4 is 41.1 Å². The van der Waals surface area contributed by atoms with Crippen LogP contribution in [0.4, 0.5) is 0 Å². The highest BCUT2D eigenvalue weighted by atomic mass is 35.6. The number of hydrogen-bond acceptors (Lipinski definition) is 3. The SMILES string of the molecule is CCN1C=NN(C)C1C(Cl)(Cl)Cl. The molecule has 0 amide bonds. The first-order chi connectivity index (χ1) is 5.46. The predicted molar refractivity (Wildman–Crippen MR) is 52.7 cm³/mol. The quantitative estimate of drug-likeness (QED) is 0.641. The van der Waals surface area contributed by atoms with Crippen LogP contribution in [0.2, 0.25) is 0 Å². The summed E-state index contributed by atoms with van der Waals surface area (Å²) in [5.41, 5.74) is 0. The van der Waals surface area contributed by atoms with Crippen LogP contribution in [0, 0.1) is 0 Å². The maximum absolute atomic E-state index is 5.78. The largest absolute Gasteiger partial charge is 0.336 e. The van der Waals surface area contributed by atoms with Crippen LogP contribution in [-0.2, 0) is 0 Å². The third-order valence-corrected chi connectivity index (χ3v) is 2.29. The molecule has 0 aromatic carbocycles. The van der Waals surface area contributed by atoms with E-state index < -0.39 is 3.79 Å². The van der Waals surface area contributed by atoms with Crippen LogP contribution in [0.1, 0.15) is 6.92 Å². The van der Waals surface area contributed by atoms with Crippen molar-refractivity contribution in [1.82, 2.24) is 9.91 Å². The highest BCUT2D eigenvalue weighted by Crippen LogP contribution is 2.36. The van der Waals surface area contributed by atoms with E-state index >= 15 is 0 Å². The molecule has 0 spiro atoms. The van der Waals surface area contributed by atoms with Gasteiger partial charge in [0.15, 0.2) is 6.17 Å². The second kappa shape index (κ2) is 3.48. The Balaban J connectivity index is 2.75. The molecule has 0 radical (unpaired) electrons. The fourth-order valence-electron chi connectivity index (χ4n) is 1.14. The molecule has 0 aromatic heterocycles. The number of nitrogens with zero attached hydrogens (tertiary/aromatic N) is 3. The van der Waals surface area contributed by atoms with E-state index in [-0.39, 0.29) is 6.17 Å². The minimum Gasteiger partial charge on any atom is -0.336 e. The second-order valence-corrected chi connectivity index (χ2v) is 4.92. The summed E-state index contributed by atoms with van der Waals surface area (Å²) < 4.78 is -1.33. The Bertz CT molecular complexity index is 189. The Morgan fingerprint density at radius 2 is 2.08 bits per heavy atom. The van der Waals surface area contributed by atoms with Crippen molar-refractivity contribution in [3.8, 4) is 0 Å². The molecule has 0 saturated heterocycles. The average molecular weight is 231 g/mol. The molecule has 1 unspecified atom stereocenters. The van der Waals surface area contributed by atoms with E-state index in [1.807, 2.05) is 11.8 Å². The standard InChI is InChI=1S/C6H10Cl3N3/c1-3-12-4-10-11(2)5(12)6(7,8)9/h4-5H,3H2,1-2H3. The van der Waals surface area contributed by atoms with Gasteiger partial charge in [0.25, 0.3) is 0 Å². The third-order valence-electron chi connectivity index (χ3n) is 1.71. The molecular weight excluding hydrogens is 220 g/mol. The predicted octanol–water partition coefficient (Wildman–Crippen LogP) is 1.89.